The number of halogens is 3. The van der Waals surface area contributed by atoms with Crippen LogP contribution in [0.15, 0.2) is 24.3 Å². The van der Waals surface area contributed by atoms with Crippen LogP contribution in [0.5, 0.6) is 0 Å². The molecule has 1 nitrogen and oxygen atoms in total. The Kier molecular flexibility index (Phi) is 2.65. The number of alkyl halides is 3. The molecule has 0 radical (unpaired) electrons. The molecule has 0 fully saturated rings. The average molecular weight is 240 g/mol. The summed E-state index contributed by atoms with van der Waals surface area (Å²) in [7, 11) is 0. The summed E-state index contributed by atoms with van der Waals surface area (Å²) in [6.07, 6.45) is 0. The zero-order valence-corrected chi connectivity index (χ0v) is 7.64. The van der Waals surface area contributed by atoms with E-state index in [2.05, 4.69) is 0 Å². The van der Waals surface area contributed by atoms with E-state index in [-0.39, 0.29) is 0 Å². The number of hydrogen-bond donors (Lipinski definition) is 1. The first kappa shape index (κ1) is 9.42. The van der Waals surface area contributed by atoms with E-state index in [0.717, 1.165) is 0 Å². The summed E-state index contributed by atoms with van der Waals surface area (Å²) in [6, 6.07) is 5.76. The summed E-state index contributed by atoms with van der Waals surface area (Å²) >= 11 is -1.46. The Hall–Kier alpha value is -0.671. The third kappa shape index (κ3) is 3.15. The van der Waals surface area contributed by atoms with Gasteiger partial charge in [0, 0.05) is 0 Å². The zero-order valence-electron chi connectivity index (χ0n) is 5.93. The molecule has 0 saturated heterocycles. The van der Waals surface area contributed by atoms with E-state index in [9.17, 15) is 13.2 Å². The minimum absolute atomic E-state index is 0.296. The SMILES string of the molecule is Nc1ccc([Se]C(F)(F)F)cc1. The fourth-order valence-electron chi connectivity index (χ4n) is 0.669. The molecule has 0 aromatic heterocycles. The molecule has 1 aromatic carbocycles. The topological polar surface area (TPSA) is 26.0 Å². The Morgan fingerprint density at radius 2 is 1.58 bits per heavy atom. The van der Waals surface area contributed by atoms with Crippen LogP contribution in [0.1, 0.15) is 0 Å². The fraction of sp³-hybridized carbons (Fsp3) is 0.143. The molecule has 0 aliphatic rings. The van der Waals surface area contributed by atoms with Crippen molar-refractivity contribution in [3.05, 3.63) is 24.3 Å². The van der Waals surface area contributed by atoms with Gasteiger partial charge in [0.15, 0.2) is 0 Å². The maximum atomic E-state index is 11.8. The third-order valence-corrected chi connectivity index (χ3v) is 2.66. The van der Waals surface area contributed by atoms with Crippen LogP contribution in [-0.2, 0) is 0 Å². The predicted molar refractivity (Wildman–Crippen MR) is 42.3 cm³/mol. The molecule has 0 saturated carbocycles. The summed E-state index contributed by atoms with van der Waals surface area (Å²) in [5, 5.41) is -4.08. The number of benzene rings is 1. The van der Waals surface area contributed by atoms with E-state index in [1.54, 1.807) is 0 Å². The van der Waals surface area contributed by atoms with E-state index in [1.165, 1.54) is 24.3 Å². The number of nitrogen functional groups attached to an aromatic ring is 1. The average Bonchev–Trinajstić information content (AvgIpc) is 1.91. The normalized spacial score (nSPS) is 11.6. The molecule has 12 heavy (non-hydrogen) atoms. The van der Waals surface area contributed by atoms with Gasteiger partial charge in [0.2, 0.25) is 0 Å². The van der Waals surface area contributed by atoms with Gasteiger partial charge in [-0.25, -0.2) is 0 Å². The predicted octanol–water partition coefficient (Wildman–Crippen LogP) is 1.12. The van der Waals surface area contributed by atoms with Gasteiger partial charge in [0.05, 0.1) is 0 Å². The Morgan fingerprint density at radius 3 is 2.00 bits per heavy atom. The first-order valence-corrected chi connectivity index (χ1v) is 4.80. The van der Waals surface area contributed by atoms with Crippen LogP contribution in [0.3, 0.4) is 0 Å². The monoisotopic (exact) mass is 241 g/mol. The van der Waals surface area contributed by atoms with Crippen molar-refractivity contribution >= 4 is 25.1 Å². The van der Waals surface area contributed by atoms with Gasteiger partial charge in [0.1, 0.15) is 0 Å². The van der Waals surface area contributed by atoms with Crippen LogP contribution in [0.25, 0.3) is 0 Å². The van der Waals surface area contributed by atoms with Gasteiger partial charge in [0.25, 0.3) is 0 Å². The van der Waals surface area contributed by atoms with Crippen molar-refractivity contribution in [3.8, 4) is 0 Å². The molecular formula is C7H6F3NSe. The Balaban J connectivity index is 2.71. The van der Waals surface area contributed by atoms with Crippen LogP contribution in [0.4, 0.5) is 18.9 Å². The second kappa shape index (κ2) is 3.37. The summed E-state index contributed by atoms with van der Waals surface area (Å²) in [6.45, 7) is 0. The minimum atomic E-state index is -4.08. The van der Waals surface area contributed by atoms with Crippen LogP contribution in [0, 0.1) is 0 Å². The molecule has 5 heteroatoms. The van der Waals surface area contributed by atoms with Crippen molar-refractivity contribution in [3.63, 3.8) is 0 Å². The van der Waals surface area contributed by atoms with Gasteiger partial charge >= 0.3 is 73.4 Å². The molecule has 0 spiro atoms. The van der Waals surface area contributed by atoms with Crippen molar-refractivity contribution < 1.29 is 13.2 Å². The first-order valence-electron chi connectivity index (χ1n) is 3.09. The molecule has 66 valence electrons. The van der Waals surface area contributed by atoms with Crippen LogP contribution in [0.2, 0.25) is 0 Å². The van der Waals surface area contributed by atoms with Crippen LogP contribution in [-0.4, -0.2) is 20.0 Å². The summed E-state index contributed by atoms with van der Waals surface area (Å²) < 4.78 is 35.8. The Morgan fingerprint density at radius 1 is 1.08 bits per heavy atom. The zero-order chi connectivity index (χ0) is 9.19. The molecule has 0 atom stereocenters. The molecule has 0 unspecified atom stereocenters. The van der Waals surface area contributed by atoms with E-state index in [0.29, 0.717) is 10.1 Å². The quantitative estimate of drug-likeness (QED) is 0.577. The molecular weight excluding hydrogens is 234 g/mol. The molecule has 0 amide bonds. The molecule has 1 rings (SSSR count). The first-order chi connectivity index (χ1) is 5.47. The van der Waals surface area contributed by atoms with E-state index >= 15 is 0 Å². The second-order valence-electron chi connectivity index (χ2n) is 2.12. The van der Waals surface area contributed by atoms with Crippen molar-refractivity contribution in [1.82, 2.24) is 0 Å². The summed E-state index contributed by atoms with van der Waals surface area (Å²) in [5.41, 5.74) is 5.80. The van der Waals surface area contributed by atoms with Gasteiger partial charge in [-0.2, -0.15) is 0 Å². The standard InChI is InChI=1S/C7H6F3NSe/c8-7(9,10)12-6-3-1-5(11)2-4-6/h1-4H,11H2. The summed E-state index contributed by atoms with van der Waals surface area (Å²) in [4.78, 5) is 0. The van der Waals surface area contributed by atoms with Crippen molar-refractivity contribution in [1.29, 1.82) is 0 Å². The van der Waals surface area contributed by atoms with Crippen molar-refractivity contribution in [2.75, 3.05) is 5.73 Å². The van der Waals surface area contributed by atoms with E-state index < -0.39 is 20.0 Å². The van der Waals surface area contributed by atoms with Crippen LogP contribution >= 0.6 is 0 Å². The molecule has 0 aliphatic heterocycles. The van der Waals surface area contributed by atoms with Gasteiger partial charge in [-0.1, -0.05) is 0 Å². The van der Waals surface area contributed by atoms with Gasteiger partial charge in [-0.3, -0.25) is 0 Å². The summed E-state index contributed by atoms with van der Waals surface area (Å²) in [5.74, 6) is 0. The Bertz CT molecular complexity index is 254. The number of nitrogens with two attached hydrogens (primary N) is 1. The van der Waals surface area contributed by atoms with Gasteiger partial charge < -0.3 is 0 Å². The molecule has 1 aromatic rings. The fourth-order valence-corrected chi connectivity index (χ4v) is 1.80. The maximum absolute atomic E-state index is 11.8. The third-order valence-electron chi connectivity index (χ3n) is 1.11. The number of rotatable bonds is 1. The number of anilines is 1. The molecule has 0 aliphatic carbocycles. The molecule has 2 N–H and O–H groups in total. The second-order valence-corrected chi connectivity index (χ2v) is 4.51. The van der Waals surface area contributed by atoms with E-state index in [1.807, 2.05) is 0 Å². The van der Waals surface area contributed by atoms with E-state index in [4.69, 9.17) is 5.73 Å². The van der Waals surface area contributed by atoms with Crippen molar-refractivity contribution in [2.45, 2.75) is 5.07 Å². The number of hydrogen-bond acceptors (Lipinski definition) is 1. The molecule has 0 heterocycles. The van der Waals surface area contributed by atoms with Crippen LogP contribution < -0.4 is 10.2 Å². The van der Waals surface area contributed by atoms with Gasteiger partial charge in [-0.15, -0.1) is 0 Å². The molecule has 0 bridgehead atoms. The van der Waals surface area contributed by atoms with Gasteiger partial charge in [-0.05, 0) is 0 Å². The Labute approximate surface area is 73.9 Å². The van der Waals surface area contributed by atoms with Crippen molar-refractivity contribution in [2.24, 2.45) is 0 Å².